The van der Waals surface area contributed by atoms with E-state index in [9.17, 15) is 61.0 Å². The second kappa shape index (κ2) is 12.3. The van der Waals surface area contributed by atoms with Crippen molar-refractivity contribution in [3.8, 4) is 40.1 Å². The van der Waals surface area contributed by atoms with Gasteiger partial charge >= 0.3 is 0 Å². The molecule has 0 saturated carbocycles. The van der Waals surface area contributed by atoms with Crippen LogP contribution in [-0.2, 0) is 9.47 Å². The third-order valence-electron chi connectivity index (χ3n) is 7.35. The molecule has 2 saturated heterocycles. The molecule has 2 aliphatic heterocycles. The Kier molecular flexibility index (Phi) is 8.87. The van der Waals surface area contributed by atoms with E-state index in [1.807, 2.05) is 0 Å². The maximum Gasteiger partial charge on any atom is 0.229 e. The average Bonchev–Trinajstić information content (AvgIpc) is 3.01. The Balaban J connectivity index is 1.67. The molecule has 0 spiro atoms. The van der Waals surface area contributed by atoms with Gasteiger partial charge in [-0.05, 0) is 24.3 Å². The van der Waals surface area contributed by atoms with E-state index in [1.165, 1.54) is 24.3 Å². The first-order chi connectivity index (χ1) is 20.9. The molecule has 3 heterocycles. The summed E-state index contributed by atoms with van der Waals surface area (Å²) in [5, 5.41) is 112. The van der Waals surface area contributed by atoms with Crippen LogP contribution in [0.2, 0.25) is 0 Å². The van der Waals surface area contributed by atoms with Gasteiger partial charge in [-0.3, -0.25) is 4.79 Å². The van der Waals surface area contributed by atoms with Crippen LogP contribution in [0.4, 0.5) is 0 Å². The highest BCUT2D eigenvalue weighted by Gasteiger charge is 2.47. The molecule has 44 heavy (non-hydrogen) atoms. The highest BCUT2D eigenvalue weighted by atomic mass is 16.7. The van der Waals surface area contributed by atoms with Crippen LogP contribution in [0.1, 0.15) is 0 Å². The van der Waals surface area contributed by atoms with Gasteiger partial charge in [0, 0.05) is 11.6 Å². The monoisotopic (exact) mass is 626 g/mol. The van der Waals surface area contributed by atoms with Crippen molar-refractivity contribution in [3.05, 3.63) is 40.6 Å². The fourth-order valence-corrected chi connectivity index (χ4v) is 4.86. The molecule has 5 rings (SSSR count). The van der Waals surface area contributed by atoms with Crippen molar-refractivity contribution in [1.29, 1.82) is 0 Å². The maximum absolute atomic E-state index is 13.3. The maximum atomic E-state index is 13.3. The van der Waals surface area contributed by atoms with Crippen LogP contribution in [0.3, 0.4) is 0 Å². The minimum absolute atomic E-state index is 0.103. The standard InChI is InChI=1S/C27H30O17/c28-6-12-15(32)18(35)20(37)26(41-12)43-24-17(34)14-10(31)5-11(8-1-3-9(30)4-2-8)40-23(14)25(22(24)39)44-27-21(38)19(36)16(33)13(7-29)42-27/h1-5,12-13,15-16,18-21,26-30,32-39H,6-7H2/t12-,13-,15-,16-,18+,19+,20-,21-,26?,27?/m1/s1. The summed E-state index contributed by atoms with van der Waals surface area (Å²) in [6.45, 7) is -1.67. The summed E-state index contributed by atoms with van der Waals surface area (Å²) in [4.78, 5) is 13.3. The smallest absolute Gasteiger partial charge is 0.229 e. The van der Waals surface area contributed by atoms with Gasteiger partial charge in [-0.25, -0.2) is 0 Å². The molecule has 2 aromatic carbocycles. The molecule has 10 atom stereocenters. The average molecular weight is 627 g/mol. The first kappa shape index (κ1) is 31.7. The van der Waals surface area contributed by atoms with Crippen molar-refractivity contribution in [2.75, 3.05) is 13.2 Å². The summed E-state index contributed by atoms with van der Waals surface area (Å²) in [6.07, 6.45) is -18.2. The minimum atomic E-state index is -2.01. The number of hydrogen-bond donors (Lipinski definition) is 11. The molecule has 0 amide bonds. The SMILES string of the molecule is O=c1cc(-c2ccc(O)cc2)oc2c(OC3O[C@H](CO)[C@@H](O)[C@H](O)[C@H]3O)c(O)c(OC3O[C@H](CO)[C@@H](O)[C@H](O)[C@H]3O)c(O)c12. The number of phenols is 3. The van der Waals surface area contributed by atoms with Crippen LogP contribution in [0.15, 0.2) is 39.5 Å². The number of hydrogen-bond acceptors (Lipinski definition) is 17. The summed E-state index contributed by atoms with van der Waals surface area (Å²) in [5.41, 5.74) is -1.33. The molecule has 2 aliphatic rings. The molecule has 2 unspecified atom stereocenters. The van der Waals surface area contributed by atoms with E-state index in [-0.39, 0.29) is 17.1 Å². The van der Waals surface area contributed by atoms with Gasteiger partial charge in [-0.1, -0.05) is 0 Å². The van der Waals surface area contributed by atoms with Gasteiger partial charge < -0.3 is 79.5 Å². The molecular formula is C27H30O17. The minimum Gasteiger partial charge on any atom is -0.508 e. The Morgan fingerprint density at radius 1 is 0.659 bits per heavy atom. The summed E-state index contributed by atoms with van der Waals surface area (Å²) in [5.74, 6) is -4.28. The first-order valence-electron chi connectivity index (χ1n) is 13.2. The van der Waals surface area contributed by atoms with Gasteiger partial charge in [0.1, 0.15) is 65.7 Å². The highest BCUT2D eigenvalue weighted by molar-refractivity contribution is 5.95. The van der Waals surface area contributed by atoms with Gasteiger partial charge in [-0.2, -0.15) is 0 Å². The third kappa shape index (κ3) is 5.50. The number of ether oxygens (including phenoxy) is 4. The van der Waals surface area contributed by atoms with Crippen LogP contribution < -0.4 is 14.9 Å². The molecule has 2 fully saturated rings. The van der Waals surface area contributed by atoms with Gasteiger partial charge in [0.2, 0.25) is 29.8 Å². The summed E-state index contributed by atoms with van der Waals surface area (Å²) < 4.78 is 27.5. The molecule has 11 N–H and O–H groups in total. The Morgan fingerprint density at radius 3 is 1.66 bits per heavy atom. The second-order valence-corrected chi connectivity index (χ2v) is 10.2. The number of fused-ring (bicyclic) bond motifs is 1. The van der Waals surface area contributed by atoms with Gasteiger partial charge in [0.05, 0.1) is 13.2 Å². The van der Waals surface area contributed by atoms with Gasteiger partial charge in [0.15, 0.2) is 16.8 Å². The van der Waals surface area contributed by atoms with Crippen molar-refractivity contribution in [2.45, 2.75) is 61.4 Å². The quantitative estimate of drug-likeness (QED) is 0.124. The van der Waals surface area contributed by atoms with Crippen LogP contribution in [0.25, 0.3) is 22.3 Å². The predicted octanol–water partition coefficient (Wildman–Crippen LogP) is -3.07. The van der Waals surface area contributed by atoms with E-state index in [1.54, 1.807) is 0 Å². The third-order valence-corrected chi connectivity index (χ3v) is 7.35. The number of aromatic hydroxyl groups is 3. The molecule has 0 radical (unpaired) electrons. The Bertz CT molecular complexity index is 1540. The van der Waals surface area contributed by atoms with Crippen LogP contribution in [-0.4, -0.2) is 131 Å². The number of rotatable bonds is 7. The lowest BCUT2D eigenvalue weighted by Gasteiger charge is -2.40. The van der Waals surface area contributed by atoms with Crippen LogP contribution in [0.5, 0.6) is 28.7 Å². The Morgan fingerprint density at radius 2 is 1.16 bits per heavy atom. The predicted molar refractivity (Wildman–Crippen MR) is 142 cm³/mol. The number of aliphatic hydroxyl groups is 8. The van der Waals surface area contributed by atoms with E-state index in [2.05, 4.69) is 0 Å². The molecule has 0 bridgehead atoms. The van der Waals surface area contributed by atoms with E-state index < -0.39 is 114 Å². The topological polar surface area (TPSA) is 290 Å². The summed E-state index contributed by atoms with van der Waals surface area (Å²) >= 11 is 0. The number of phenolic OH excluding ortho intramolecular Hbond substituents is 3. The summed E-state index contributed by atoms with van der Waals surface area (Å²) in [7, 11) is 0. The van der Waals surface area contributed by atoms with E-state index in [0.29, 0.717) is 0 Å². The van der Waals surface area contributed by atoms with Gasteiger partial charge in [0.25, 0.3) is 0 Å². The Hall–Kier alpha value is -3.75. The fraction of sp³-hybridized carbons (Fsp3) is 0.444. The van der Waals surface area contributed by atoms with Crippen molar-refractivity contribution < 1.29 is 79.5 Å². The van der Waals surface area contributed by atoms with Crippen LogP contribution in [0, 0.1) is 0 Å². The second-order valence-electron chi connectivity index (χ2n) is 10.2. The summed E-state index contributed by atoms with van der Waals surface area (Å²) in [6, 6.07) is 6.29. The molecule has 0 aliphatic carbocycles. The van der Waals surface area contributed by atoms with E-state index >= 15 is 0 Å². The van der Waals surface area contributed by atoms with Gasteiger partial charge in [-0.15, -0.1) is 0 Å². The number of aliphatic hydroxyl groups excluding tert-OH is 8. The molecule has 1 aromatic heterocycles. The van der Waals surface area contributed by atoms with E-state index in [0.717, 1.165) is 6.07 Å². The fourth-order valence-electron chi connectivity index (χ4n) is 4.86. The normalized spacial score (nSPS) is 32.5. The van der Waals surface area contributed by atoms with E-state index in [4.69, 9.17) is 23.4 Å². The Labute approximate surface area is 246 Å². The first-order valence-corrected chi connectivity index (χ1v) is 13.2. The molecule has 240 valence electrons. The highest BCUT2D eigenvalue weighted by Crippen LogP contribution is 2.51. The zero-order valence-electron chi connectivity index (χ0n) is 22.4. The molecule has 3 aromatic rings. The molecule has 17 heteroatoms. The van der Waals surface area contributed by atoms with Crippen molar-refractivity contribution in [1.82, 2.24) is 0 Å². The lowest BCUT2D eigenvalue weighted by atomic mass is 9.99. The number of benzene rings is 2. The van der Waals surface area contributed by atoms with Crippen molar-refractivity contribution in [3.63, 3.8) is 0 Å². The van der Waals surface area contributed by atoms with Crippen LogP contribution >= 0.6 is 0 Å². The lowest BCUT2D eigenvalue weighted by molar-refractivity contribution is -0.279. The zero-order chi connectivity index (χ0) is 32.0. The van der Waals surface area contributed by atoms with Crippen molar-refractivity contribution in [2.24, 2.45) is 0 Å². The lowest BCUT2D eigenvalue weighted by Crippen LogP contribution is -2.60. The molecule has 17 nitrogen and oxygen atoms in total. The van der Waals surface area contributed by atoms with Crippen molar-refractivity contribution >= 4 is 11.0 Å². The largest absolute Gasteiger partial charge is 0.508 e. The molecular weight excluding hydrogens is 596 g/mol. The zero-order valence-corrected chi connectivity index (χ0v) is 22.4.